The molecule has 0 saturated carbocycles. The van der Waals surface area contributed by atoms with Crippen molar-refractivity contribution in [1.82, 2.24) is 15.2 Å². The first-order valence-electron chi connectivity index (χ1n) is 9.01. The van der Waals surface area contributed by atoms with Gasteiger partial charge in [0, 0.05) is 34.0 Å². The number of rotatable bonds is 2. The van der Waals surface area contributed by atoms with Gasteiger partial charge in [-0.3, -0.25) is 0 Å². The average molecular weight is 340 g/mol. The molecule has 0 spiro atoms. The summed E-state index contributed by atoms with van der Waals surface area (Å²) in [5.41, 5.74) is 8.04. The second kappa shape index (κ2) is 5.70. The second-order valence-corrected chi connectivity index (χ2v) is 7.17. The lowest BCUT2D eigenvalue weighted by Crippen LogP contribution is -2.11. The zero-order chi connectivity index (χ0) is 17.7. The normalized spacial score (nSPS) is 15.6. The van der Waals surface area contributed by atoms with E-state index in [-0.39, 0.29) is 6.04 Å². The Kier molecular flexibility index (Phi) is 3.32. The number of nitrogens with one attached hydrogen (secondary N) is 2. The molecule has 0 saturated heterocycles. The van der Waals surface area contributed by atoms with Crippen molar-refractivity contribution in [3.63, 3.8) is 0 Å². The summed E-state index contributed by atoms with van der Waals surface area (Å²) >= 11 is 0. The van der Waals surface area contributed by atoms with Crippen LogP contribution in [0.5, 0.6) is 0 Å². The number of para-hydroxylation sites is 1. The van der Waals surface area contributed by atoms with Gasteiger partial charge in [0.2, 0.25) is 0 Å². The molecule has 128 valence electrons. The van der Waals surface area contributed by atoms with Gasteiger partial charge in [-0.1, -0.05) is 56.3 Å². The van der Waals surface area contributed by atoms with Crippen molar-refractivity contribution in [3.05, 3.63) is 77.6 Å². The number of aromatic nitrogens is 3. The van der Waals surface area contributed by atoms with Crippen molar-refractivity contribution in [2.75, 3.05) is 5.32 Å². The summed E-state index contributed by atoms with van der Waals surface area (Å²) in [5, 5.41) is 13.4. The lowest BCUT2D eigenvalue weighted by molar-refractivity contribution is 0.861. The molecular weight excluding hydrogens is 320 g/mol. The third kappa shape index (κ3) is 2.22. The molecule has 26 heavy (non-hydrogen) atoms. The number of nitrogens with zero attached hydrogens (tertiary/aromatic N) is 2. The van der Waals surface area contributed by atoms with Crippen LogP contribution in [-0.4, -0.2) is 15.2 Å². The van der Waals surface area contributed by atoms with E-state index in [1.807, 2.05) is 6.20 Å². The van der Waals surface area contributed by atoms with E-state index in [4.69, 9.17) is 0 Å². The monoisotopic (exact) mass is 340 g/mol. The number of anilines is 1. The van der Waals surface area contributed by atoms with Gasteiger partial charge in [0.1, 0.15) is 0 Å². The van der Waals surface area contributed by atoms with Gasteiger partial charge in [0.15, 0.2) is 5.65 Å². The number of hydrogen-bond acceptors (Lipinski definition) is 3. The van der Waals surface area contributed by atoms with Gasteiger partial charge >= 0.3 is 0 Å². The molecule has 0 amide bonds. The third-order valence-corrected chi connectivity index (χ3v) is 5.27. The highest BCUT2D eigenvalue weighted by Gasteiger charge is 2.26. The van der Waals surface area contributed by atoms with Gasteiger partial charge in [-0.15, -0.1) is 5.10 Å². The number of fused-ring (bicyclic) bond motifs is 2. The summed E-state index contributed by atoms with van der Waals surface area (Å²) in [4.78, 5) is 3.29. The maximum atomic E-state index is 4.29. The Morgan fingerprint density at radius 3 is 2.58 bits per heavy atom. The van der Waals surface area contributed by atoms with Gasteiger partial charge in [-0.05, 0) is 23.1 Å². The molecule has 0 aliphatic carbocycles. The minimum absolute atomic E-state index is 0.0663. The zero-order valence-corrected chi connectivity index (χ0v) is 14.8. The maximum Gasteiger partial charge on any atom is 0.160 e. The van der Waals surface area contributed by atoms with Gasteiger partial charge in [0.25, 0.3) is 0 Å². The number of H-pyrrole nitrogens is 1. The van der Waals surface area contributed by atoms with Crippen LogP contribution >= 0.6 is 0 Å². The first kappa shape index (κ1) is 15.1. The molecule has 0 bridgehead atoms. The molecule has 0 fully saturated rings. The van der Waals surface area contributed by atoms with E-state index in [1.165, 1.54) is 16.7 Å². The fraction of sp³-hybridized carbons (Fsp3) is 0.182. The van der Waals surface area contributed by atoms with Crippen LogP contribution in [0.4, 0.5) is 5.69 Å². The Bertz CT molecular complexity index is 1090. The molecule has 1 unspecified atom stereocenters. The molecule has 1 aliphatic rings. The van der Waals surface area contributed by atoms with Crippen LogP contribution in [0.15, 0.2) is 60.9 Å². The van der Waals surface area contributed by atoms with Gasteiger partial charge in [-0.2, -0.15) is 5.10 Å². The molecule has 0 radical (unpaired) electrons. The van der Waals surface area contributed by atoms with Crippen LogP contribution in [0.25, 0.3) is 22.2 Å². The molecule has 2 N–H and O–H groups in total. The summed E-state index contributed by atoms with van der Waals surface area (Å²) in [6, 6.07) is 17.4. The van der Waals surface area contributed by atoms with Crippen LogP contribution in [0.2, 0.25) is 0 Å². The topological polar surface area (TPSA) is 53.6 Å². The smallest absolute Gasteiger partial charge is 0.160 e. The van der Waals surface area contributed by atoms with E-state index in [0.717, 1.165) is 27.8 Å². The highest BCUT2D eigenvalue weighted by molar-refractivity contribution is 6.00. The first-order chi connectivity index (χ1) is 12.7. The van der Waals surface area contributed by atoms with Gasteiger partial charge in [0.05, 0.1) is 12.2 Å². The van der Waals surface area contributed by atoms with Crippen molar-refractivity contribution >= 4 is 16.7 Å². The highest BCUT2D eigenvalue weighted by Crippen LogP contribution is 2.43. The Balaban J connectivity index is 1.74. The molecule has 4 heteroatoms. The van der Waals surface area contributed by atoms with Crippen LogP contribution in [0.1, 0.15) is 42.5 Å². The van der Waals surface area contributed by atoms with Crippen molar-refractivity contribution in [2.45, 2.75) is 25.8 Å². The maximum absolute atomic E-state index is 4.29. The first-order valence-corrected chi connectivity index (χ1v) is 9.01. The Morgan fingerprint density at radius 2 is 1.77 bits per heavy atom. The Hall–Kier alpha value is -3.14. The predicted molar refractivity (Wildman–Crippen MR) is 105 cm³/mol. The van der Waals surface area contributed by atoms with Crippen LogP contribution in [0.3, 0.4) is 0 Å². The molecule has 4 nitrogen and oxygen atoms in total. The minimum Gasteiger partial charge on any atom is -0.374 e. The minimum atomic E-state index is 0.0663. The summed E-state index contributed by atoms with van der Waals surface area (Å²) in [7, 11) is 0. The molecule has 1 atom stereocenters. The number of aromatic amines is 1. The number of benzene rings is 2. The Morgan fingerprint density at radius 1 is 0.962 bits per heavy atom. The van der Waals surface area contributed by atoms with Crippen LogP contribution in [-0.2, 0) is 0 Å². The lowest BCUT2D eigenvalue weighted by Gasteiger charge is -2.20. The van der Waals surface area contributed by atoms with Crippen molar-refractivity contribution < 1.29 is 0 Å². The molecule has 4 aromatic rings. The van der Waals surface area contributed by atoms with Gasteiger partial charge < -0.3 is 10.3 Å². The van der Waals surface area contributed by atoms with E-state index in [2.05, 4.69) is 89.1 Å². The van der Waals surface area contributed by atoms with E-state index in [0.29, 0.717) is 5.92 Å². The Labute approximate surface area is 152 Å². The quantitative estimate of drug-likeness (QED) is 0.523. The fourth-order valence-corrected chi connectivity index (χ4v) is 3.84. The third-order valence-electron chi connectivity index (χ3n) is 5.27. The van der Waals surface area contributed by atoms with Gasteiger partial charge in [-0.25, -0.2) is 0 Å². The molecule has 2 aromatic carbocycles. The SMILES string of the molecule is CC(C)c1ccc(C2Nc3ccccc3-c3cnnc4[nH]cc2c34)cc1. The van der Waals surface area contributed by atoms with E-state index >= 15 is 0 Å². The molecular formula is C22H20N4. The fourth-order valence-electron chi connectivity index (χ4n) is 3.84. The largest absolute Gasteiger partial charge is 0.374 e. The summed E-state index contributed by atoms with van der Waals surface area (Å²) in [6.45, 7) is 4.44. The van der Waals surface area contributed by atoms with E-state index in [1.54, 1.807) is 0 Å². The molecule has 3 heterocycles. The van der Waals surface area contributed by atoms with Crippen molar-refractivity contribution in [1.29, 1.82) is 0 Å². The van der Waals surface area contributed by atoms with Crippen molar-refractivity contribution in [2.24, 2.45) is 0 Å². The molecule has 1 aliphatic heterocycles. The van der Waals surface area contributed by atoms with Crippen LogP contribution in [0, 0.1) is 0 Å². The van der Waals surface area contributed by atoms with Crippen LogP contribution < -0.4 is 5.32 Å². The zero-order valence-electron chi connectivity index (χ0n) is 14.8. The molecule has 5 rings (SSSR count). The number of hydrogen-bond donors (Lipinski definition) is 2. The summed E-state index contributed by atoms with van der Waals surface area (Å²) < 4.78 is 0. The molecule has 2 aromatic heterocycles. The van der Waals surface area contributed by atoms with E-state index < -0.39 is 0 Å². The summed E-state index contributed by atoms with van der Waals surface area (Å²) in [6.07, 6.45) is 3.92. The summed E-state index contributed by atoms with van der Waals surface area (Å²) in [5.74, 6) is 0.529. The standard InChI is InChI=1S/C22H20N4/c1-13(2)14-7-9-15(10-8-14)21-18-11-23-22-20(18)17(12-24-26-22)16-5-3-4-6-19(16)25-21/h3-13,21,25H,1-2H3,(H,23,26). The highest BCUT2D eigenvalue weighted by atomic mass is 15.1. The average Bonchev–Trinajstić information content (AvgIpc) is 3.04. The lowest BCUT2D eigenvalue weighted by atomic mass is 9.95. The predicted octanol–water partition coefficient (Wildman–Crippen LogP) is 5.26. The second-order valence-electron chi connectivity index (χ2n) is 7.17. The van der Waals surface area contributed by atoms with E-state index in [9.17, 15) is 0 Å². The van der Waals surface area contributed by atoms with Crippen molar-refractivity contribution in [3.8, 4) is 11.1 Å².